The van der Waals surface area contributed by atoms with Gasteiger partial charge in [0.15, 0.2) is 0 Å². The van der Waals surface area contributed by atoms with Gasteiger partial charge < -0.3 is 9.01 Å². The molecule has 0 radical (unpaired) electrons. The van der Waals surface area contributed by atoms with Crippen molar-refractivity contribution in [1.82, 2.24) is 5.16 Å². The third-order valence-electron chi connectivity index (χ3n) is 1.93. The summed E-state index contributed by atoms with van der Waals surface area (Å²) in [5.41, 5.74) is 0.972. The van der Waals surface area contributed by atoms with E-state index in [0.29, 0.717) is 0 Å². The minimum atomic E-state index is 0.972. The van der Waals surface area contributed by atoms with E-state index in [1.807, 2.05) is 13.0 Å². The number of hydrogen-bond acceptors (Lipinski definition) is 2. The molecular weight excluding hydrogens is 164 g/mol. The lowest BCUT2D eigenvalue weighted by molar-refractivity contribution is -0.870. The molecule has 3 heteroatoms. The SMILES string of the molecule is Cc1cc(CCC[N+](C)(C)C)on1. The van der Waals surface area contributed by atoms with Gasteiger partial charge in [-0.05, 0) is 6.92 Å². The minimum Gasteiger partial charge on any atom is -0.361 e. The Kier molecular flexibility index (Phi) is 3.09. The van der Waals surface area contributed by atoms with E-state index in [9.17, 15) is 0 Å². The maximum absolute atomic E-state index is 5.12. The lowest BCUT2D eigenvalue weighted by atomic mass is 10.2. The Hall–Kier alpha value is -0.830. The summed E-state index contributed by atoms with van der Waals surface area (Å²) >= 11 is 0. The average Bonchev–Trinajstić information content (AvgIpc) is 2.33. The molecule has 1 aromatic rings. The summed E-state index contributed by atoms with van der Waals surface area (Å²) in [5.74, 6) is 1.01. The van der Waals surface area contributed by atoms with E-state index in [4.69, 9.17) is 4.52 Å². The van der Waals surface area contributed by atoms with Crippen molar-refractivity contribution >= 4 is 0 Å². The summed E-state index contributed by atoms with van der Waals surface area (Å²) in [6.45, 7) is 3.12. The molecule has 0 aliphatic heterocycles. The van der Waals surface area contributed by atoms with Gasteiger partial charge in [-0.2, -0.15) is 0 Å². The maximum Gasteiger partial charge on any atom is 0.137 e. The van der Waals surface area contributed by atoms with Crippen LogP contribution in [0.2, 0.25) is 0 Å². The van der Waals surface area contributed by atoms with Crippen LogP contribution in [-0.4, -0.2) is 37.3 Å². The lowest BCUT2D eigenvalue weighted by Crippen LogP contribution is -2.35. The highest BCUT2D eigenvalue weighted by Gasteiger charge is 2.07. The Morgan fingerprint density at radius 3 is 2.54 bits per heavy atom. The third-order valence-corrected chi connectivity index (χ3v) is 1.93. The second-order valence-corrected chi connectivity index (χ2v) is 4.55. The fourth-order valence-corrected chi connectivity index (χ4v) is 1.26. The highest BCUT2D eigenvalue weighted by Crippen LogP contribution is 2.06. The molecular formula is C10H19N2O+. The van der Waals surface area contributed by atoms with Crippen LogP contribution in [0.15, 0.2) is 10.6 Å². The minimum absolute atomic E-state index is 0.972. The van der Waals surface area contributed by atoms with E-state index in [1.165, 1.54) is 6.54 Å². The molecule has 0 atom stereocenters. The van der Waals surface area contributed by atoms with Crippen LogP contribution in [0.3, 0.4) is 0 Å². The zero-order chi connectivity index (χ0) is 9.90. The Bertz CT molecular complexity index is 260. The van der Waals surface area contributed by atoms with Crippen molar-refractivity contribution in [2.75, 3.05) is 27.7 Å². The second kappa shape index (κ2) is 3.92. The first-order valence-electron chi connectivity index (χ1n) is 4.70. The first kappa shape index (κ1) is 10.3. The van der Waals surface area contributed by atoms with E-state index in [1.54, 1.807) is 0 Å². The molecule has 13 heavy (non-hydrogen) atoms. The molecule has 3 nitrogen and oxygen atoms in total. The molecule has 0 bridgehead atoms. The molecule has 1 rings (SSSR count). The molecule has 0 aromatic carbocycles. The number of aryl methyl sites for hydroxylation is 2. The summed E-state index contributed by atoms with van der Waals surface area (Å²) in [7, 11) is 6.60. The summed E-state index contributed by atoms with van der Waals surface area (Å²) in [6, 6.07) is 2.01. The van der Waals surface area contributed by atoms with Crippen LogP contribution >= 0.6 is 0 Å². The van der Waals surface area contributed by atoms with Crippen LogP contribution in [0.4, 0.5) is 0 Å². The number of quaternary nitrogens is 1. The smallest absolute Gasteiger partial charge is 0.137 e. The second-order valence-electron chi connectivity index (χ2n) is 4.55. The molecule has 0 aliphatic carbocycles. The molecule has 74 valence electrons. The van der Waals surface area contributed by atoms with Crippen LogP contribution in [0.1, 0.15) is 17.9 Å². The molecule has 0 aliphatic rings. The van der Waals surface area contributed by atoms with Crippen molar-refractivity contribution in [3.05, 3.63) is 17.5 Å². The normalized spacial score (nSPS) is 12.0. The predicted molar refractivity (Wildman–Crippen MR) is 52.5 cm³/mol. The van der Waals surface area contributed by atoms with Crippen molar-refractivity contribution in [1.29, 1.82) is 0 Å². The van der Waals surface area contributed by atoms with E-state index in [2.05, 4.69) is 26.3 Å². The number of rotatable bonds is 4. The van der Waals surface area contributed by atoms with Gasteiger partial charge in [-0.15, -0.1) is 0 Å². The van der Waals surface area contributed by atoms with Gasteiger partial charge in [0.25, 0.3) is 0 Å². The molecule has 0 fully saturated rings. The molecule has 0 unspecified atom stereocenters. The zero-order valence-electron chi connectivity index (χ0n) is 9.00. The van der Waals surface area contributed by atoms with Crippen molar-refractivity contribution < 1.29 is 9.01 Å². The van der Waals surface area contributed by atoms with Crippen molar-refractivity contribution in [3.63, 3.8) is 0 Å². The predicted octanol–water partition coefficient (Wildman–Crippen LogP) is 1.62. The van der Waals surface area contributed by atoms with Crippen molar-refractivity contribution in [2.24, 2.45) is 0 Å². The van der Waals surface area contributed by atoms with Crippen LogP contribution in [-0.2, 0) is 6.42 Å². The largest absolute Gasteiger partial charge is 0.361 e. The maximum atomic E-state index is 5.12. The zero-order valence-corrected chi connectivity index (χ0v) is 9.00. The van der Waals surface area contributed by atoms with Gasteiger partial charge in [-0.25, -0.2) is 0 Å². The van der Waals surface area contributed by atoms with Crippen LogP contribution in [0.25, 0.3) is 0 Å². The fourth-order valence-electron chi connectivity index (χ4n) is 1.26. The third kappa shape index (κ3) is 4.08. The summed E-state index contributed by atoms with van der Waals surface area (Å²) in [6.07, 6.45) is 2.15. The van der Waals surface area contributed by atoms with Gasteiger partial charge in [0.05, 0.1) is 33.4 Å². The van der Waals surface area contributed by atoms with Crippen LogP contribution in [0, 0.1) is 6.92 Å². The summed E-state index contributed by atoms with van der Waals surface area (Å²) in [5, 5.41) is 3.85. The molecule has 0 amide bonds. The Morgan fingerprint density at radius 1 is 1.38 bits per heavy atom. The molecule has 0 saturated heterocycles. The highest BCUT2D eigenvalue weighted by atomic mass is 16.5. The topological polar surface area (TPSA) is 26.0 Å². The average molecular weight is 183 g/mol. The lowest BCUT2D eigenvalue weighted by Gasteiger charge is -2.23. The van der Waals surface area contributed by atoms with Crippen LogP contribution in [0.5, 0.6) is 0 Å². The van der Waals surface area contributed by atoms with Gasteiger partial charge in [0.1, 0.15) is 5.76 Å². The van der Waals surface area contributed by atoms with E-state index < -0.39 is 0 Å². The number of nitrogens with zero attached hydrogens (tertiary/aromatic N) is 2. The molecule has 0 N–H and O–H groups in total. The standard InChI is InChI=1S/C10H19N2O/c1-9-8-10(13-11-9)6-5-7-12(2,3)4/h8H,5-7H2,1-4H3/q+1. The van der Waals surface area contributed by atoms with E-state index in [-0.39, 0.29) is 0 Å². The van der Waals surface area contributed by atoms with Gasteiger partial charge in [0.2, 0.25) is 0 Å². The van der Waals surface area contributed by atoms with E-state index in [0.717, 1.165) is 28.8 Å². The Labute approximate surface area is 79.9 Å². The first-order chi connectivity index (χ1) is 5.97. The molecule has 1 aromatic heterocycles. The summed E-state index contributed by atoms with van der Waals surface area (Å²) in [4.78, 5) is 0. The molecule has 0 saturated carbocycles. The summed E-state index contributed by atoms with van der Waals surface area (Å²) < 4.78 is 6.13. The van der Waals surface area contributed by atoms with Gasteiger partial charge >= 0.3 is 0 Å². The van der Waals surface area contributed by atoms with Gasteiger partial charge in [0, 0.05) is 18.9 Å². The first-order valence-corrected chi connectivity index (χ1v) is 4.70. The molecule has 0 spiro atoms. The monoisotopic (exact) mass is 183 g/mol. The highest BCUT2D eigenvalue weighted by molar-refractivity contribution is 5.02. The fraction of sp³-hybridized carbons (Fsp3) is 0.700. The van der Waals surface area contributed by atoms with Gasteiger partial charge in [-0.3, -0.25) is 0 Å². The van der Waals surface area contributed by atoms with Crippen molar-refractivity contribution in [2.45, 2.75) is 19.8 Å². The van der Waals surface area contributed by atoms with Crippen molar-refractivity contribution in [3.8, 4) is 0 Å². The van der Waals surface area contributed by atoms with Crippen LogP contribution < -0.4 is 0 Å². The molecule has 1 heterocycles. The quantitative estimate of drug-likeness (QED) is 0.663. The van der Waals surface area contributed by atoms with E-state index >= 15 is 0 Å². The Balaban J connectivity index is 2.28. The number of hydrogen-bond donors (Lipinski definition) is 0. The Morgan fingerprint density at radius 2 is 2.08 bits per heavy atom. The number of aromatic nitrogens is 1. The van der Waals surface area contributed by atoms with Gasteiger partial charge in [-0.1, -0.05) is 5.16 Å².